The van der Waals surface area contributed by atoms with E-state index < -0.39 is 5.97 Å². The van der Waals surface area contributed by atoms with Gasteiger partial charge >= 0.3 is 5.97 Å². The number of aryl methyl sites for hydroxylation is 1. The Labute approximate surface area is 171 Å². The summed E-state index contributed by atoms with van der Waals surface area (Å²) in [6, 6.07) is 3.46. The van der Waals surface area contributed by atoms with E-state index in [9.17, 15) is 9.90 Å². The number of nitrogens with zero attached hydrogens (tertiary/aromatic N) is 2. The zero-order valence-corrected chi connectivity index (χ0v) is 16.7. The monoisotopic (exact) mass is 411 g/mol. The molecule has 0 aliphatic heterocycles. The van der Waals surface area contributed by atoms with Gasteiger partial charge < -0.3 is 26.3 Å². The van der Waals surface area contributed by atoms with Gasteiger partial charge in [-0.1, -0.05) is 0 Å². The first-order valence-electron chi connectivity index (χ1n) is 9.33. The van der Waals surface area contributed by atoms with Gasteiger partial charge in [-0.2, -0.15) is 0 Å². The number of nitrogens with one attached hydrogen (secondary N) is 2. The lowest BCUT2D eigenvalue weighted by Gasteiger charge is -2.19. The van der Waals surface area contributed by atoms with Gasteiger partial charge in [0.05, 0.1) is 23.6 Å². The lowest BCUT2D eigenvalue weighted by molar-refractivity contribution is -0.142. The van der Waals surface area contributed by atoms with Crippen molar-refractivity contribution in [3.63, 3.8) is 0 Å². The fourth-order valence-electron chi connectivity index (χ4n) is 3.65. The van der Waals surface area contributed by atoms with Crippen LogP contribution in [0, 0.1) is 11.3 Å². The molecule has 0 bridgehead atoms. The van der Waals surface area contributed by atoms with Crippen molar-refractivity contribution in [3.8, 4) is 5.75 Å². The van der Waals surface area contributed by atoms with E-state index in [4.69, 9.17) is 15.9 Å². The molecule has 0 unspecified atom stereocenters. The Morgan fingerprint density at radius 3 is 3.03 bits per heavy atom. The van der Waals surface area contributed by atoms with E-state index in [0.717, 1.165) is 20.7 Å². The van der Waals surface area contributed by atoms with Gasteiger partial charge in [0.25, 0.3) is 0 Å². The number of nitrogen functional groups attached to an aromatic ring is 1. The van der Waals surface area contributed by atoms with Crippen LogP contribution in [0.5, 0.6) is 5.75 Å². The third-order valence-electron chi connectivity index (χ3n) is 5.09. The minimum Gasteiger partial charge on any atom is -0.492 e. The predicted octanol–water partition coefficient (Wildman–Crippen LogP) is 3.60. The molecule has 1 aliphatic carbocycles. The van der Waals surface area contributed by atoms with Crippen LogP contribution in [-0.2, 0) is 17.6 Å². The summed E-state index contributed by atoms with van der Waals surface area (Å²) in [7, 11) is 0. The summed E-state index contributed by atoms with van der Waals surface area (Å²) in [5.41, 5.74) is 8.83. The molecule has 3 aromatic rings. The summed E-state index contributed by atoms with van der Waals surface area (Å²) in [5.74, 6) is 0.122. The molecule has 0 amide bonds. The van der Waals surface area contributed by atoms with Crippen molar-refractivity contribution >= 4 is 50.9 Å². The number of aliphatic carboxylic acids is 1. The van der Waals surface area contributed by atoms with Gasteiger partial charge in [0.1, 0.15) is 22.7 Å². The summed E-state index contributed by atoms with van der Waals surface area (Å²) in [6.07, 6.45) is 4.50. The molecule has 5 N–H and O–H groups in total. The number of carboxylic acids is 1. The maximum absolute atomic E-state index is 11.4. The van der Waals surface area contributed by atoms with Crippen molar-refractivity contribution in [3.05, 3.63) is 34.5 Å². The van der Waals surface area contributed by atoms with Crippen LogP contribution in [-0.4, -0.2) is 33.9 Å². The first-order valence-corrected chi connectivity index (χ1v) is 10.1. The molecule has 0 fully saturated rings. The van der Waals surface area contributed by atoms with E-state index in [1.807, 2.05) is 6.92 Å². The van der Waals surface area contributed by atoms with Crippen LogP contribution < -0.4 is 15.8 Å². The Morgan fingerprint density at radius 1 is 1.48 bits per heavy atom. The smallest absolute Gasteiger partial charge is 0.306 e. The van der Waals surface area contributed by atoms with Crippen LogP contribution in [0.1, 0.15) is 29.3 Å². The fraction of sp³-hybridized carbons (Fsp3) is 0.300. The third-order valence-corrected chi connectivity index (χ3v) is 6.25. The number of hydrogen-bond donors (Lipinski definition) is 4. The van der Waals surface area contributed by atoms with Crippen LogP contribution in [0.3, 0.4) is 0 Å². The number of carboxylic acid groups (broad SMARTS) is 1. The lowest BCUT2D eigenvalue weighted by Crippen LogP contribution is -2.21. The molecule has 0 saturated carbocycles. The molecule has 0 saturated heterocycles. The molecule has 150 valence electrons. The summed E-state index contributed by atoms with van der Waals surface area (Å²) in [6.45, 7) is 2.36. The summed E-state index contributed by atoms with van der Waals surface area (Å²) in [5, 5.41) is 21.2. The highest BCUT2D eigenvalue weighted by atomic mass is 32.1. The Hall–Kier alpha value is -3.20. The number of hydrogen-bond acceptors (Lipinski definition) is 8. The minimum atomic E-state index is -0.750. The minimum absolute atomic E-state index is 0.350. The number of rotatable bonds is 6. The Bertz CT molecular complexity index is 1110. The summed E-state index contributed by atoms with van der Waals surface area (Å²) >= 11 is 1.53. The molecule has 29 heavy (non-hydrogen) atoms. The van der Waals surface area contributed by atoms with Crippen LogP contribution in [0.25, 0.3) is 10.2 Å². The van der Waals surface area contributed by atoms with E-state index in [1.165, 1.54) is 23.9 Å². The van der Waals surface area contributed by atoms with Gasteiger partial charge in [0.15, 0.2) is 0 Å². The van der Waals surface area contributed by atoms with Crippen LogP contribution in [0.15, 0.2) is 18.5 Å². The second kappa shape index (κ2) is 7.67. The van der Waals surface area contributed by atoms with Crippen molar-refractivity contribution in [2.45, 2.75) is 26.2 Å². The van der Waals surface area contributed by atoms with Gasteiger partial charge in [0.2, 0.25) is 0 Å². The molecule has 1 aromatic carbocycles. The molecule has 9 heteroatoms. The molecule has 2 heterocycles. The maximum Gasteiger partial charge on any atom is 0.306 e. The number of aromatic nitrogens is 2. The second-order valence-electron chi connectivity index (χ2n) is 6.86. The highest BCUT2D eigenvalue weighted by Crippen LogP contribution is 2.41. The van der Waals surface area contributed by atoms with E-state index in [1.54, 1.807) is 12.1 Å². The van der Waals surface area contributed by atoms with E-state index in [0.29, 0.717) is 54.4 Å². The first kappa shape index (κ1) is 19.1. The summed E-state index contributed by atoms with van der Waals surface area (Å²) in [4.78, 5) is 22.1. The molecule has 0 spiro atoms. The number of anilines is 3. The quantitative estimate of drug-likeness (QED) is 0.359. The summed E-state index contributed by atoms with van der Waals surface area (Å²) < 4.78 is 5.71. The number of thiophene rings is 1. The number of benzene rings is 1. The van der Waals surface area contributed by atoms with Gasteiger partial charge in [0, 0.05) is 28.4 Å². The number of carbonyl (C=O) groups is 1. The van der Waals surface area contributed by atoms with Gasteiger partial charge in [-0.15, -0.1) is 11.3 Å². The zero-order chi connectivity index (χ0) is 20.5. The number of ether oxygens (including phenoxy) is 1. The van der Waals surface area contributed by atoms with Crippen molar-refractivity contribution < 1.29 is 14.6 Å². The van der Waals surface area contributed by atoms with Crippen molar-refractivity contribution in [1.29, 1.82) is 5.41 Å². The molecule has 0 radical (unpaired) electrons. The average molecular weight is 411 g/mol. The van der Waals surface area contributed by atoms with Gasteiger partial charge in [-0.05, 0) is 37.8 Å². The number of nitrogens with two attached hydrogens (primary N) is 1. The maximum atomic E-state index is 11.4. The van der Waals surface area contributed by atoms with Crippen molar-refractivity contribution in [2.24, 2.45) is 5.92 Å². The molecular weight excluding hydrogens is 390 g/mol. The molecule has 2 aromatic heterocycles. The van der Waals surface area contributed by atoms with Crippen LogP contribution in [0.4, 0.5) is 17.2 Å². The first-order chi connectivity index (χ1) is 14.0. The predicted molar refractivity (Wildman–Crippen MR) is 114 cm³/mol. The Balaban J connectivity index is 1.78. The molecular formula is C20H21N5O3S. The molecule has 1 aliphatic rings. The number of fused-ring (bicyclic) bond motifs is 3. The fourth-order valence-corrected chi connectivity index (χ4v) is 4.92. The highest BCUT2D eigenvalue weighted by Gasteiger charge is 2.29. The third kappa shape index (κ3) is 3.49. The molecule has 4 rings (SSSR count). The molecule has 8 nitrogen and oxygen atoms in total. The zero-order valence-electron chi connectivity index (χ0n) is 15.9. The largest absolute Gasteiger partial charge is 0.492 e. The SMILES string of the molecule is CCOc1cc(N)c(C=N)cc1Nc1ncnc2sc3c(c12)CC[C@H](C(=O)O)C3. The van der Waals surface area contributed by atoms with Crippen LogP contribution in [0.2, 0.25) is 0 Å². The van der Waals surface area contributed by atoms with Gasteiger partial charge in [-0.25, -0.2) is 9.97 Å². The van der Waals surface area contributed by atoms with E-state index >= 15 is 0 Å². The van der Waals surface area contributed by atoms with Crippen molar-refractivity contribution in [2.75, 3.05) is 17.7 Å². The van der Waals surface area contributed by atoms with E-state index in [2.05, 4.69) is 15.3 Å². The molecule has 1 atom stereocenters. The highest BCUT2D eigenvalue weighted by molar-refractivity contribution is 7.19. The Kier molecular flexibility index (Phi) is 5.06. The van der Waals surface area contributed by atoms with Gasteiger partial charge in [-0.3, -0.25) is 4.79 Å². The van der Waals surface area contributed by atoms with E-state index in [-0.39, 0.29) is 5.92 Å². The van der Waals surface area contributed by atoms with Crippen molar-refractivity contribution in [1.82, 2.24) is 9.97 Å². The standard InChI is InChI=1S/C20H21N5O3S/c1-2-28-15-7-13(22)11(8-21)5-14(15)25-18-17-12-4-3-10(20(26)27)6-16(12)29-19(17)24-9-23-18/h5,7-10,21H,2-4,6,22H2,1H3,(H,26,27)(H,23,24,25)/t10-/m0/s1. The normalized spacial score (nSPS) is 15.7. The average Bonchev–Trinajstić information content (AvgIpc) is 3.08. The topological polar surface area (TPSA) is 134 Å². The lowest BCUT2D eigenvalue weighted by atomic mass is 9.88. The Morgan fingerprint density at radius 2 is 2.31 bits per heavy atom. The van der Waals surface area contributed by atoms with Crippen LogP contribution >= 0.6 is 11.3 Å². The second-order valence-corrected chi connectivity index (χ2v) is 7.95.